The average molecular weight is 180 g/mol. The van der Waals surface area contributed by atoms with Gasteiger partial charge in [0.1, 0.15) is 11.3 Å². The molecule has 2 rings (SSSR count). The number of hydrogen-bond donors (Lipinski definition) is 0. The van der Waals surface area contributed by atoms with Crippen molar-refractivity contribution in [1.29, 1.82) is 0 Å². The number of furan rings is 1. The standard InChI is InChI=1S/C10H9FO2/c1-7-5-12-10-3-2-8(13-6-11)4-9(7)10/h2-5H,6H2,1H3. The van der Waals surface area contributed by atoms with E-state index in [0.29, 0.717) is 5.75 Å². The van der Waals surface area contributed by atoms with Crippen LogP contribution in [0.15, 0.2) is 28.9 Å². The zero-order valence-electron chi connectivity index (χ0n) is 7.21. The predicted octanol–water partition coefficient (Wildman–Crippen LogP) is 3.05. The number of fused-ring (bicyclic) bond motifs is 1. The van der Waals surface area contributed by atoms with Gasteiger partial charge in [0, 0.05) is 5.39 Å². The van der Waals surface area contributed by atoms with E-state index < -0.39 is 6.86 Å². The summed E-state index contributed by atoms with van der Waals surface area (Å²) < 4.78 is 21.8. The zero-order chi connectivity index (χ0) is 9.26. The lowest BCUT2D eigenvalue weighted by molar-refractivity contribution is 0.192. The molecule has 13 heavy (non-hydrogen) atoms. The highest BCUT2D eigenvalue weighted by Gasteiger charge is 2.02. The van der Waals surface area contributed by atoms with Gasteiger partial charge in [-0.2, -0.15) is 0 Å². The summed E-state index contributed by atoms with van der Waals surface area (Å²) in [4.78, 5) is 0. The van der Waals surface area contributed by atoms with Gasteiger partial charge < -0.3 is 9.15 Å². The first-order valence-electron chi connectivity index (χ1n) is 3.98. The van der Waals surface area contributed by atoms with E-state index >= 15 is 0 Å². The molecule has 0 aliphatic rings. The van der Waals surface area contributed by atoms with Gasteiger partial charge in [0.2, 0.25) is 6.86 Å². The molecule has 0 unspecified atom stereocenters. The molecule has 1 aromatic heterocycles. The predicted molar refractivity (Wildman–Crippen MR) is 47.6 cm³/mol. The van der Waals surface area contributed by atoms with Crippen molar-refractivity contribution in [2.24, 2.45) is 0 Å². The van der Waals surface area contributed by atoms with Gasteiger partial charge in [0.25, 0.3) is 0 Å². The number of benzene rings is 1. The second-order valence-electron chi connectivity index (χ2n) is 2.83. The van der Waals surface area contributed by atoms with Crippen LogP contribution >= 0.6 is 0 Å². The van der Waals surface area contributed by atoms with E-state index in [1.54, 1.807) is 24.5 Å². The molecule has 0 aliphatic carbocycles. The minimum Gasteiger partial charge on any atom is -0.464 e. The van der Waals surface area contributed by atoms with E-state index in [2.05, 4.69) is 0 Å². The van der Waals surface area contributed by atoms with Gasteiger partial charge in [-0.3, -0.25) is 0 Å². The van der Waals surface area contributed by atoms with Crippen LogP contribution in [0.25, 0.3) is 11.0 Å². The van der Waals surface area contributed by atoms with Crippen molar-refractivity contribution in [2.45, 2.75) is 6.92 Å². The van der Waals surface area contributed by atoms with E-state index in [1.807, 2.05) is 6.92 Å². The van der Waals surface area contributed by atoms with Gasteiger partial charge in [-0.05, 0) is 30.7 Å². The fourth-order valence-electron chi connectivity index (χ4n) is 1.29. The van der Waals surface area contributed by atoms with Gasteiger partial charge in [-0.15, -0.1) is 0 Å². The van der Waals surface area contributed by atoms with Crippen LogP contribution in [0, 0.1) is 6.92 Å². The first-order valence-corrected chi connectivity index (χ1v) is 3.98. The Kier molecular flexibility index (Phi) is 1.93. The lowest BCUT2D eigenvalue weighted by Gasteiger charge is -1.99. The Morgan fingerprint density at radius 1 is 1.46 bits per heavy atom. The first-order chi connectivity index (χ1) is 6.31. The van der Waals surface area contributed by atoms with Gasteiger partial charge >= 0.3 is 0 Å². The summed E-state index contributed by atoms with van der Waals surface area (Å²) in [5, 5.41) is 0.964. The normalized spacial score (nSPS) is 10.6. The number of hydrogen-bond acceptors (Lipinski definition) is 2. The molecule has 0 saturated heterocycles. The summed E-state index contributed by atoms with van der Waals surface area (Å²) >= 11 is 0. The Bertz CT molecular complexity index is 420. The monoisotopic (exact) mass is 180 g/mol. The van der Waals surface area contributed by atoms with Crippen molar-refractivity contribution >= 4 is 11.0 Å². The molecule has 0 amide bonds. The summed E-state index contributed by atoms with van der Waals surface area (Å²) in [6.07, 6.45) is 1.67. The molecule has 0 spiro atoms. The lowest BCUT2D eigenvalue weighted by Crippen LogP contribution is -1.88. The van der Waals surface area contributed by atoms with E-state index in [9.17, 15) is 4.39 Å². The van der Waals surface area contributed by atoms with Crippen LogP contribution in [-0.4, -0.2) is 6.86 Å². The molecule has 0 fully saturated rings. The third-order valence-electron chi connectivity index (χ3n) is 1.96. The summed E-state index contributed by atoms with van der Waals surface area (Å²) in [5.74, 6) is 0.527. The highest BCUT2D eigenvalue weighted by atomic mass is 19.1. The second kappa shape index (κ2) is 3.09. The van der Waals surface area contributed by atoms with Crippen LogP contribution in [-0.2, 0) is 0 Å². The molecule has 68 valence electrons. The van der Waals surface area contributed by atoms with Crippen molar-refractivity contribution < 1.29 is 13.5 Å². The number of halogens is 1. The highest BCUT2D eigenvalue weighted by Crippen LogP contribution is 2.25. The number of rotatable bonds is 2. The van der Waals surface area contributed by atoms with E-state index in [1.165, 1.54) is 0 Å². The smallest absolute Gasteiger partial charge is 0.228 e. The van der Waals surface area contributed by atoms with Crippen molar-refractivity contribution in [1.82, 2.24) is 0 Å². The highest BCUT2D eigenvalue weighted by molar-refractivity contribution is 5.82. The molecule has 0 atom stereocenters. The van der Waals surface area contributed by atoms with Crippen LogP contribution in [0.5, 0.6) is 5.75 Å². The Hall–Kier alpha value is -1.51. The molecule has 0 bridgehead atoms. The molecule has 0 N–H and O–H groups in total. The quantitative estimate of drug-likeness (QED) is 0.708. The van der Waals surface area contributed by atoms with Crippen molar-refractivity contribution in [3.8, 4) is 5.75 Å². The van der Waals surface area contributed by atoms with E-state index in [4.69, 9.17) is 9.15 Å². The maximum Gasteiger partial charge on any atom is 0.228 e. The van der Waals surface area contributed by atoms with Crippen molar-refractivity contribution in [3.05, 3.63) is 30.0 Å². The fraction of sp³-hybridized carbons (Fsp3) is 0.200. The summed E-state index contributed by atoms with van der Waals surface area (Å²) in [6, 6.07) is 5.23. The molecular weight excluding hydrogens is 171 g/mol. The molecule has 3 heteroatoms. The van der Waals surface area contributed by atoms with Crippen molar-refractivity contribution in [2.75, 3.05) is 6.86 Å². The minimum atomic E-state index is -0.803. The summed E-state index contributed by atoms with van der Waals surface area (Å²) in [7, 11) is 0. The topological polar surface area (TPSA) is 22.4 Å². The van der Waals surface area contributed by atoms with Gasteiger partial charge in [0.05, 0.1) is 6.26 Å². The molecule has 0 saturated carbocycles. The third kappa shape index (κ3) is 1.37. The fourth-order valence-corrected chi connectivity index (χ4v) is 1.29. The summed E-state index contributed by atoms with van der Waals surface area (Å²) in [6.45, 7) is 1.13. The number of ether oxygens (including phenoxy) is 1. The van der Waals surface area contributed by atoms with Crippen LogP contribution in [0.1, 0.15) is 5.56 Å². The average Bonchev–Trinajstić information content (AvgIpc) is 2.49. The van der Waals surface area contributed by atoms with E-state index in [0.717, 1.165) is 16.5 Å². The molecule has 0 radical (unpaired) electrons. The zero-order valence-corrected chi connectivity index (χ0v) is 7.21. The van der Waals surface area contributed by atoms with Gasteiger partial charge in [-0.1, -0.05) is 0 Å². The van der Waals surface area contributed by atoms with Crippen LogP contribution in [0.2, 0.25) is 0 Å². The lowest BCUT2D eigenvalue weighted by atomic mass is 10.2. The Morgan fingerprint density at radius 2 is 2.31 bits per heavy atom. The molecular formula is C10H9FO2. The van der Waals surface area contributed by atoms with Gasteiger partial charge in [-0.25, -0.2) is 4.39 Å². The molecule has 1 heterocycles. The first kappa shape index (κ1) is 8.10. The van der Waals surface area contributed by atoms with E-state index in [-0.39, 0.29) is 0 Å². The van der Waals surface area contributed by atoms with Gasteiger partial charge in [0.15, 0.2) is 0 Å². The maximum absolute atomic E-state index is 11.9. The summed E-state index contributed by atoms with van der Waals surface area (Å²) in [5.41, 5.74) is 1.82. The third-order valence-corrected chi connectivity index (χ3v) is 1.96. The minimum absolute atomic E-state index is 0.527. The Balaban J connectivity index is 2.53. The largest absolute Gasteiger partial charge is 0.464 e. The Labute approximate surface area is 74.9 Å². The SMILES string of the molecule is Cc1coc2ccc(OCF)cc12. The van der Waals surface area contributed by atoms with Crippen LogP contribution in [0.4, 0.5) is 4.39 Å². The molecule has 0 aliphatic heterocycles. The second-order valence-corrected chi connectivity index (χ2v) is 2.83. The molecule has 2 nitrogen and oxygen atoms in total. The van der Waals surface area contributed by atoms with Crippen molar-refractivity contribution in [3.63, 3.8) is 0 Å². The molecule has 1 aromatic carbocycles. The number of alkyl halides is 1. The number of aryl methyl sites for hydroxylation is 1. The van der Waals surface area contributed by atoms with Crippen LogP contribution < -0.4 is 4.74 Å². The van der Waals surface area contributed by atoms with Crippen LogP contribution in [0.3, 0.4) is 0 Å². The molecule has 2 aromatic rings. The maximum atomic E-state index is 11.9. The Morgan fingerprint density at radius 3 is 3.08 bits per heavy atom.